The van der Waals surface area contributed by atoms with Gasteiger partial charge >= 0.3 is 0 Å². The Hall–Kier alpha value is -4.13. The molecule has 0 aliphatic carbocycles. The summed E-state index contributed by atoms with van der Waals surface area (Å²) in [6, 6.07) is 21.0. The lowest BCUT2D eigenvalue weighted by atomic mass is 10.1. The van der Waals surface area contributed by atoms with Crippen LogP contribution in [0.5, 0.6) is 5.75 Å². The van der Waals surface area contributed by atoms with Gasteiger partial charge in [-0.1, -0.05) is 36.4 Å². The average Bonchev–Trinajstić information content (AvgIpc) is 2.84. The molecule has 1 fully saturated rings. The molecule has 0 radical (unpaired) electrons. The molecule has 4 rings (SSSR count). The molecule has 1 aliphatic rings. The molecule has 0 spiro atoms. The highest BCUT2D eigenvalue weighted by Gasteiger charge is 2.25. The number of benzene rings is 3. The van der Waals surface area contributed by atoms with Gasteiger partial charge in [0.2, 0.25) is 17.9 Å². The molecule has 3 amide bonds. The average molecular weight is 458 g/mol. The molecule has 3 N–H and O–H groups in total. The van der Waals surface area contributed by atoms with Crippen LogP contribution >= 0.6 is 0 Å². The van der Waals surface area contributed by atoms with Crippen molar-refractivity contribution < 1.29 is 19.1 Å². The van der Waals surface area contributed by atoms with Crippen molar-refractivity contribution in [1.82, 2.24) is 0 Å². The first-order chi connectivity index (χ1) is 16.4. The topological polar surface area (TPSA) is 102 Å². The first-order valence-corrected chi connectivity index (χ1v) is 11.3. The fourth-order valence-corrected chi connectivity index (χ4v) is 4.06. The quantitative estimate of drug-likeness (QED) is 0.550. The van der Waals surface area contributed by atoms with Crippen LogP contribution in [0.15, 0.2) is 72.8 Å². The lowest BCUT2D eigenvalue weighted by Crippen LogP contribution is -2.35. The van der Waals surface area contributed by atoms with Crippen LogP contribution < -0.4 is 20.7 Å². The summed E-state index contributed by atoms with van der Waals surface area (Å²) in [7, 11) is 0. The molecular formula is C27H27N3O4. The van der Waals surface area contributed by atoms with Gasteiger partial charge in [0.15, 0.2) is 0 Å². The molecule has 7 nitrogen and oxygen atoms in total. The zero-order valence-electron chi connectivity index (χ0n) is 19.0. The van der Waals surface area contributed by atoms with Crippen molar-refractivity contribution in [3.05, 3.63) is 89.5 Å². The lowest BCUT2D eigenvalue weighted by Gasteiger charge is -2.28. The van der Waals surface area contributed by atoms with E-state index in [4.69, 9.17) is 10.5 Å². The van der Waals surface area contributed by atoms with Crippen LogP contribution in [0.25, 0.3) is 0 Å². The van der Waals surface area contributed by atoms with Gasteiger partial charge in [-0.3, -0.25) is 14.4 Å². The number of nitrogens with zero attached hydrogens (tertiary/aromatic N) is 1. The van der Waals surface area contributed by atoms with E-state index >= 15 is 0 Å². The van der Waals surface area contributed by atoms with Crippen molar-refractivity contribution in [3.63, 3.8) is 0 Å². The number of nitrogens with one attached hydrogen (secondary N) is 1. The smallest absolute Gasteiger partial charge is 0.270 e. The first kappa shape index (κ1) is 23.0. The van der Waals surface area contributed by atoms with Gasteiger partial charge in [0.25, 0.3) is 5.91 Å². The summed E-state index contributed by atoms with van der Waals surface area (Å²) in [5.74, 6) is -0.455. The molecule has 34 heavy (non-hydrogen) atoms. The minimum absolute atomic E-state index is 0.127. The van der Waals surface area contributed by atoms with Gasteiger partial charge < -0.3 is 20.7 Å². The van der Waals surface area contributed by atoms with E-state index in [0.717, 1.165) is 24.1 Å². The Morgan fingerprint density at radius 2 is 1.79 bits per heavy atom. The Labute approximate surface area is 198 Å². The second-order valence-corrected chi connectivity index (χ2v) is 8.29. The van der Waals surface area contributed by atoms with Crippen molar-refractivity contribution in [3.8, 4) is 5.75 Å². The first-order valence-electron chi connectivity index (χ1n) is 11.3. The highest BCUT2D eigenvalue weighted by atomic mass is 16.5. The second kappa shape index (κ2) is 10.2. The van der Waals surface area contributed by atoms with Gasteiger partial charge in [0.05, 0.1) is 0 Å². The summed E-state index contributed by atoms with van der Waals surface area (Å²) >= 11 is 0. The fourth-order valence-electron chi connectivity index (χ4n) is 4.06. The lowest BCUT2D eigenvalue weighted by molar-refractivity contribution is -0.123. The molecule has 174 valence electrons. The Morgan fingerprint density at radius 1 is 1.00 bits per heavy atom. The number of aryl methyl sites for hydroxylation is 1. The summed E-state index contributed by atoms with van der Waals surface area (Å²) in [4.78, 5) is 39.0. The van der Waals surface area contributed by atoms with E-state index in [0.29, 0.717) is 35.5 Å². The number of hydrogen-bond donors (Lipinski definition) is 2. The van der Waals surface area contributed by atoms with Crippen molar-refractivity contribution >= 4 is 29.1 Å². The van der Waals surface area contributed by atoms with Crippen molar-refractivity contribution in [2.45, 2.75) is 32.3 Å². The number of anilines is 2. The predicted octanol–water partition coefficient (Wildman–Crippen LogP) is 4.37. The summed E-state index contributed by atoms with van der Waals surface area (Å²) in [5.41, 5.74) is 8.70. The maximum Gasteiger partial charge on any atom is 0.270 e. The Kier molecular flexibility index (Phi) is 6.92. The van der Waals surface area contributed by atoms with Gasteiger partial charge in [0.1, 0.15) is 5.75 Å². The van der Waals surface area contributed by atoms with Gasteiger partial charge in [-0.25, -0.2) is 0 Å². The molecule has 0 bridgehead atoms. The Balaban J connectivity index is 1.56. The van der Waals surface area contributed by atoms with Crippen LogP contribution in [-0.4, -0.2) is 24.3 Å². The number of rotatable bonds is 7. The molecule has 0 saturated carbocycles. The van der Waals surface area contributed by atoms with Gasteiger partial charge in [-0.05, 0) is 61.7 Å². The standard InChI is InChI=1S/C27H27N3O4/c1-18-16-21(13-14-23(18)30-15-6-5-12-24(30)31)29-27(33)25(19-8-3-2-4-9-19)34-22-11-7-10-20(17-22)26(28)32/h2-4,7-11,13-14,16-17,25H,5-6,12,15H2,1H3,(H2,28,32)(H,29,33). The van der Waals surface area contributed by atoms with E-state index in [2.05, 4.69) is 5.32 Å². The van der Waals surface area contributed by atoms with Crippen LogP contribution in [-0.2, 0) is 9.59 Å². The number of carbonyl (C=O) groups is 3. The molecule has 7 heteroatoms. The minimum atomic E-state index is -0.951. The highest BCUT2D eigenvalue weighted by Crippen LogP contribution is 2.29. The second-order valence-electron chi connectivity index (χ2n) is 8.29. The van der Waals surface area contributed by atoms with E-state index in [1.165, 1.54) is 6.07 Å². The third kappa shape index (κ3) is 5.26. The molecule has 1 atom stereocenters. The summed E-state index contributed by atoms with van der Waals surface area (Å²) in [6.07, 6.45) is 1.51. The number of ether oxygens (including phenoxy) is 1. The molecule has 1 heterocycles. The predicted molar refractivity (Wildman–Crippen MR) is 131 cm³/mol. The maximum atomic E-state index is 13.3. The number of amides is 3. The zero-order chi connectivity index (χ0) is 24.1. The van der Waals surface area contributed by atoms with Crippen LogP contribution in [0.2, 0.25) is 0 Å². The zero-order valence-corrected chi connectivity index (χ0v) is 19.0. The Bertz CT molecular complexity index is 1210. The monoisotopic (exact) mass is 457 g/mol. The number of carbonyl (C=O) groups excluding carboxylic acids is 3. The van der Waals surface area contributed by atoms with Crippen molar-refractivity contribution in [2.75, 3.05) is 16.8 Å². The highest BCUT2D eigenvalue weighted by molar-refractivity contribution is 5.97. The third-order valence-electron chi connectivity index (χ3n) is 5.79. The summed E-state index contributed by atoms with van der Waals surface area (Å²) in [5, 5.41) is 2.92. The van der Waals surface area contributed by atoms with Crippen LogP contribution in [0.3, 0.4) is 0 Å². The van der Waals surface area contributed by atoms with Crippen LogP contribution in [0.4, 0.5) is 11.4 Å². The van der Waals surface area contributed by atoms with Crippen molar-refractivity contribution in [1.29, 1.82) is 0 Å². The molecule has 3 aromatic carbocycles. The van der Waals surface area contributed by atoms with E-state index in [1.54, 1.807) is 36.4 Å². The third-order valence-corrected chi connectivity index (χ3v) is 5.79. The number of hydrogen-bond acceptors (Lipinski definition) is 4. The van der Waals surface area contributed by atoms with E-state index in [1.807, 2.05) is 42.2 Å². The van der Waals surface area contributed by atoms with Gasteiger partial charge in [0, 0.05) is 35.5 Å². The minimum Gasteiger partial charge on any atom is -0.476 e. The summed E-state index contributed by atoms with van der Waals surface area (Å²) < 4.78 is 6.02. The van der Waals surface area contributed by atoms with Crippen LogP contribution in [0, 0.1) is 6.92 Å². The Morgan fingerprint density at radius 3 is 2.50 bits per heavy atom. The summed E-state index contributed by atoms with van der Waals surface area (Å²) in [6.45, 7) is 2.63. The molecule has 1 unspecified atom stereocenters. The van der Waals surface area contributed by atoms with E-state index in [-0.39, 0.29) is 11.8 Å². The van der Waals surface area contributed by atoms with Gasteiger partial charge in [-0.2, -0.15) is 0 Å². The molecule has 1 aliphatic heterocycles. The van der Waals surface area contributed by atoms with E-state index < -0.39 is 12.0 Å². The molecule has 3 aromatic rings. The van der Waals surface area contributed by atoms with Gasteiger partial charge in [-0.15, -0.1) is 0 Å². The fraction of sp³-hybridized carbons (Fsp3) is 0.222. The molecular weight excluding hydrogens is 430 g/mol. The number of nitrogens with two attached hydrogens (primary N) is 1. The van der Waals surface area contributed by atoms with Crippen molar-refractivity contribution in [2.24, 2.45) is 5.73 Å². The normalized spacial score (nSPS) is 14.4. The molecule has 1 saturated heterocycles. The maximum absolute atomic E-state index is 13.3. The van der Waals surface area contributed by atoms with E-state index in [9.17, 15) is 14.4 Å². The number of primary amides is 1. The SMILES string of the molecule is Cc1cc(NC(=O)C(Oc2cccc(C(N)=O)c2)c2ccccc2)ccc1N1CCCCC1=O. The number of piperidine rings is 1. The largest absolute Gasteiger partial charge is 0.476 e. The molecule has 0 aromatic heterocycles. The van der Waals surface area contributed by atoms with Crippen LogP contribution in [0.1, 0.15) is 46.9 Å².